The molecule has 7 rings (SSSR count). The van der Waals surface area contributed by atoms with Crippen LogP contribution in [0, 0.1) is 5.41 Å². The standard InChI is InChI=1S/C36H42F3N5O3/c1-32(2,3)47-31(46)44(33(4)11-7-12-33)18-23-15-26-27(28(16-23)36(37,38)39)19-43(29(26)45)25-10-6-9-24(17-25)35(30-41-40-22-42(30)5)20-34(21-35)13-8-14-34/h6,9-10,15-17,22H,7-8,11-14,18-21H2,1-5H3. The van der Waals surface area contributed by atoms with Crippen LogP contribution in [0.4, 0.5) is 23.7 Å². The third-order valence-corrected chi connectivity index (χ3v) is 11.1. The first-order valence-corrected chi connectivity index (χ1v) is 16.5. The Labute approximate surface area is 273 Å². The van der Waals surface area contributed by atoms with Crippen LogP contribution in [0.3, 0.4) is 0 Å². The number of alkyl halides is 3. The molecule has 0 N–H and O–H groups in total. The molecule has 0 saturated heterocycles. The van der Waals surface area contributed by atoms with Crippen LogP contribution in [0.15, 0.2) is 42.7 Å². The largest absolute Gasteiger partial charge is 0.444 e. The van der Waals surface area contributed by atoms with Gasteiger partial charge in [0, 0.05) is 30.4 Å². The number of carbonyl (C=O) groups excluding carboxylic acids is 2. The molecule has 1 aromatic heterocycles. The number of aromatic nitrogens is 3. The molecule has 47 heavy (non-hydrogen) atoms. The third-order valence-electron chi connectivity index (χ3n) is 11.1. The van der Waals surface area contributed by atoms with Crippen molar-refractivity contribution in [2.75, 3.05) is 4.90 Å². The summed E-state index contributed by atoms with van der Waals surface area (Å²) < 4.78 is 51.5. The summed E-state index contributed by atoms with van der Waals surface area (Å²) in [5, 5.41) is 8.64. The number of halogens is 3. The average Bonchev–Trinajstić information content (AvgIpc) is 3.50. The third kappa shape index (κ3) is 5.30. The lowest BCUT2D eigenvalue weighted by atomic mass is 9.43. The smallest absolute Gasteiger partial charge is 0.416 e. The van der Waals surface area contributed by atoms with Gasteiger partial charge in [0.15, 0.2) is 0 Å². The van der Waals surface area contributed by atoms with Crippen molar-refractivity contribution in [3.05, 3.63) is 76.4 Å². The van der Waals surface area contributed by atoms with Crippen molar-refractivity contribution in [2.24, 2.45) is 12.5 Å². The molecule has 3 saturated carbocycles. The van der Waals surface area contributed by atoms with Gasteiger partial charge in [-0.2, -0.15) is 13.2 Å². The van der Waals surface area contributed by atoms with E-state index in [0.29, 0.717) is 11.1 Å². The van der Waals surface area contributed by atoms with Crippen molar-refractivity contribution >= 4 is 17.7 Å². The quantitative estimate of drug-likeness (QED) is 0.271. The maximum atomic E-state index is 14.6. The Balaban J connectivity index is 1.23. The van der Waals surface area contributed by atoms with Crippen LogP contribution in [0.25, 0.3) is 0 Å². The number of aryl methyl sites for hydroxylation is 1. The van der Waals surface area contributed by atoms with Gasteiger partial charge < -0.3 is 14.2 Å². The maximum Gasteiger partial charge on any atom is 0.416 e. The number of carbonyl (C=O) groups is 2. The van der Waals surface area contributed by atoms with Crippen LogP contribution < -0.4 is 4.90 Å². The number of amides is 2. The first kappa shape index (κ1) is 31.7. The van der Waals surface area contributed by atoms with E-state index in [1.54, 1.807) is 33.2 Å². The Morgan fingerprint density at radius 1 is 1.04 bits per heavy atom. The number of benzene rings is 2. The summed E-state index contributed by atoms with van der Waals surface area (Å²) >= 11 is 0. The lowest BCUT2D eigenvalue weighted by Crippen LogP contribution is -2.54. The molecule has 0 bridgehead atoms. The average molecular weight is 650 g/mol. The van der Waals surface area contributed by atoms with Gasteiger partial charge in [0.1, 0.15) is 17.8 Å². The zero-order valence-corrected chi connectivity index (χ0v) is 27.7. The van der Waals surface area contributed by atoms with Crippen LogP contribution in [0.1, 0.15) is 117 Å². The fraction of sp³-hybridized carbons (Fsp3) is 0.556. The van der Waals surface area contributed by atoms with Gasteiger partial charge in [0.25, 0.3) is 5.91 Å². The van der Waals surface area contributed by atoms with Gasteiger partial charge in [-0.15, -0.1) is 10.2 Å². The minimum atomic E-state index is -4.69. The van der Waals surface area contributed by atoms with E-state index in [2.05, 4.69) is 10.2 Å². The van der Waals surface area contributed by atoms with E-state index >= 15 is 0 Å². The van der Waals surface area contributed by atoms with Crippen molar-refractivity contribution in [3.8, 4) is 0 Å². The molecule has 0 atom stereocenters. The molecule has 3 aromatic rings. The van der Waals surface area contributed by atoms with Gasteiger partial charge in [0.05, 0.1) is 17.5 Å². The molecular formula is C36H42F3N5O3. The number of rotatable bonds is 6. The highest BCUT2D eigenvalue weighted by Crippen LogP contribution is 2.67. The number of hydrogen-bond acceptors (Lipinski definition) is 5. The van der Waals surface area contributed by atoms with Gasteiger partial charge in [0.2, 0.25) is 0 Å². The topological polar surface area (TPSA) is 80.6 Å². The molecule has 250 valence electrons. The summed E-state index contributed by atoms with van der Waals surface area (Å²) in [5.41, 5.74) is -0.459. The van der Waals surface area contributed by atoms with Crippen molar-refractivity contribution in [1.82, 2.24) is 19.7 Å². The Bertz CT molecular complexity index is 1740. The highest BCUT2D eigenvalue weighted by Gasteiger charge is 2.60. The predicted molar refractivity (Wildman–Crippen MR) is 170 cm³/mol. The van der Waals surface area contributed by atoms with E-state index in [0.717, 1.165) is 49.6 Å². The van der Waals surface area contributed by atoms with Crippen LogP contribution in [0.5, 0.6) is 0 Å². The first-order chi connectivity index (χ1) is 22.0. The number of anilines is 1. The minimum Gasteiger partial charge on any atom is -0.444 e. The molecule has 1 aliphatic heterocycles. The Kier molecular flexibility index (Phi) is 7.12. The van der Waals surface area contributed by atoms with E-state index < -0.39 is 34.9 Å². The van der Waals surface area contributed by atoms with E-state index in [-0.39, 0.29) is 35.2 Å². The number of fused-ring (bicyclic) bond motifs is 1. The molecule has 11 heteroatoms. The zero-order valence-electron chi connectivity index (χ0n) is 27.7. The molecule has 3 fully saturated rings. The second-order valence-electron chi connectivity index (χ2n) is 15.6. The van der Waals surface area contributed by atoms with Crippen LogP contribution >= 0.6 is 0 Å². The molecule has 4 aliphatic rings. The molecule has 0 radical (unpaired) electrons. The van der Waals surface area contributed by atoms with Gasteiger partial charge in [-0.3, -0.25) is 9.69 Å². The summed E-state index contributed by atoms with van der Waals surface area (Å²) in [5.74, 6) is 0.377. The molecule has 8 nitrogen and oxygen atoms in total. The molecule has 3 aliphatic carbocycles. The van der Waals surface area contributed by atoms with Crippen LogP contribution in [0.2, 0.25) is 0 Å². The monoisotopic (exact) mass is 649 g/mol. The zero-order chi connectivity index (χ0) is 33.6. The second-order valence-corrected chi connectivity index (χ2v) is 15.6. The highest BCUT2D eigenvalue weighted by atomic mass is 19.4. The minimum absolute atomic E-state index is 0.0169. The van der Waals surface area contributed by atoms with Gasteiger partial charge >= 0.3 is 12.3 Å². The highest BCUT2D eigenvalue weighted by molar-refractivity contribution is 6.10. The van der Waals surface area contributed by atoms with Gasteiger partial charge in [-0.05, 0) is 119 Å². The Morgan fingerprint density at radius 2 is 1.74 bits per heavy atom. The summed E-state index contributed by atoms with van der Waals surface area (Å²) in [4.78, 5) is 30.3. The Morgan fingerprint density at radius 3 is 2.30 bits per heavy atom. The molecule has 2 heterocycles. The van der Waals surface area contributed by atoms with Crippen molar-refractivity contribution in [3.63, 3.8) is 0 Å². The Hall–Kier alpha value is -3.89. The number of hydrogen-bond donors (Lipinski definition) is 0. The fourth-order valence-corrected chi connectivity index (χ4v) is 8.39. The van der Waals surface area contributed by atoms with Crippen LogP contribution in [-0.4, -0.2) is 42.8 Å². The van der Waals surface area contributed by atoms with E-state index in [1.165, 1.54) is 35.1 Å². The fourth-order valence-electron chi connectivity index (χ4n) is 8.39. The maximum absolute atomic E-state index is 14.6. The molecule has 0 unspecified atom stereocenters. The van der Waals surface area contributed by atoms with Gasteiger partial charge in [-0.1, -0.05) is 18.6 Å². The summed E-state index contributed by atoms with van der Waals surface area (Å²) in [6.45, 7) is 6.93. The summed E-state index contributed by atoms with van der Waals surface area (Å²) in [6.07, 6.45) is 4.23. The molecular weight excluding hydrogens is 607 g/mol. The van der Waals surface area contributed by atoms with E-state index in [1.807, 2.05) is 36.7 Å². The molecule has 2 aromatic carbocycles. The van der Waals surface area contributed by atoms with Crippen LogP contribution in [-0.2, 0) is 36.5 Å². The van der Waals surface area contributed by atoms with E-state index in [4.69, 9.17) is 4.74 Å². The normalized spacial score (nSPS) is 20.7. The number of nitrogens with zero attached hydrogens (tertiary/aromatic N) is 5. The van der Waals surface area contributed by atoms with Crippen molar-refractivity contribution < 1.29 is 27.5 Å². The SMILES string of the molecule is Cn1cnnc1C1(c2cccc(N3Cc4c(cc(CN(C(=O)OC(C)(C)C)C5(C)CCC5)cc4C(F)(F)F)C3=O)c2)CC2(CCC2)C1. The molecule has 1 spiro atoms. The lowest BCUT2D eigenvalue weighted by molar-refractivity contribution is -0.138. The lowest BCUT2D eigenvalue weighted by Gasteiger charge is -2.60. The summed E-state index contributed by atoms with van der Waals surface area (Å²) in [7, 11) is 1.93. The number of ether oxygens (including phenoxy) is 1. The van der Waals surface area contributed by atoms with Crippen molar-refractivity contribution in [2.45, 2.75) is 115 Å². The first-order valence-electron chi connectivity index (χ1n) is 16.5. The second kappa shape index (κ2) is 10.6. The molecule has 2 amide bonds. The van der Waals surface area contributed by atoms with E-state index in [9.17, 15) is 22.8 Å². The predicted octanol–water partition coefficient (Wildman–Crippen LogP) is 7.92. The summed E-state index contributed by atoms with van der Waals surface area (Å²) in [6, 6.07) is 10.3. The van der Waals surface area contributed by atoms with Gasteiger partial charge in [-0.25, -0.2) is 4.79 Å². The van der Waals surface area contributed by atoms with Crippen molar-refractivity contribution in [1.29, 1.82) is 0 Å².